The van der Waals surface area contributed by atoms with Crippen molar-refractivity contribution < 1.29 is 9.11 Å². The average molecular weight is 499 g/mol. The summed E-state index contributed by atoms with van der Waals surface area (Å²) in [5.74, 6) is 0.474. The summed E-state index contributed by atoms with van der Waals surface area (Å²) < 4.78 is 25.1. The van der Waals surface area contributed by atoms with Crippen molar-refractivity contribution in [2.45, 2.75) is 66.0 Å². The van der Waals surface area contributed by atoms with Gasteiger partial charge in [0, 0.05) is 57.4 Å². The number of hydrogen-bond donors (Lipinski definition) is 0. The van der Waals surface area contributed by atoms with E-state index >= 15 is 0 Å². The van der Waals surface area contributed by atoms with Crippen LogP contribution in [0.25, 0.3) is 0 Å². The normalized spacial score (nSPS) is 17.5. The van der Waals surface area contributed by atoms with Gasteiger partial charge in [-0.15, -0.1) is 0 Å². The molecule has 4 aromatic carbocycles. The Morgan fingerprint density at radius 2 is 1.11 bits per heavy atom. The summed E-state index contributed by atoms with van der Waals surface area (Å²) in [6, 6.07) is 26.4. The molecule has 2 aliphatic rings. The second-order valence-electron chi connectivity index (χ2n) is 9.57. The minimum Gasteiger partial charge on any atom is -0.606 e. The van der Waals surface area contributed by atoms with Crippen LogP contribution in [0.1, 0.15) is 58.7 Å². The van der Waals surface area contributed by atoms with Gasteiger partial charge in [-0.2, -0.15) is 0 Å². The van der Waals surface area contributed by atoms with Crippen LogP contribution in [0.3, 0.4) is 0 Å². The summed E-state index contributed by atoms with van der Waals surface area (Å²) in [4.78, 5) is 3.95. The van der Waals surface area contributed by atoms with E-state index in [2.05, 4.69) is 52.0 Å². The van der Waals surface area contributed by atoms with Gasteiger partial charge in [0.2, 0.25) is 0 Å². The van der Waals surface area contributed by atoms with Gasteiger partial charge in [-0.05, 0) is 60.7 Å². The highest BCUT2D eigenvalue weighted by Crippen LogP contribution is 2.38. The first kappa shape index (κ1) is 24.2. The first-order valence-electron chi connectivity index (χ1n) is 12.1. The van der Waals surface area contributed by atoms with Crippen LogP contribution in [0.15, 0.2) is 98.4 Å². The molecule has 0 N–H and O–H groups in total. The van der Waals surface area contributed by atoms with Gasteiger partial charge in [0.05, 0.1) is 0 Å². The molecular formula is C31H30O2S2. The van der Waals surface area contributed by atoms with Crippen molar-refractivity contribution in [1.29, 1.82) is 0 Å². The van der Waals surface area contributed by atoms with E-state index in [-0.39, 0.29) is 0 Å². The molecule has 0 aromatic heterocycles. The zero-order chi connectivity index (χ0) is 24.7. The van der Waals surface area contributed by atoms with E-state index in [1.165, 1.54) is 38.9 Å². The minimum atomic E-state index is -1.02. The predicted octanol–water partition coefficient (Wildman–Crippen LogP) is 7.26. The van der Waals surface area contributed by atoms with Crippen molar-refractivity contribution in [3.05, 3.63) is 118 Å². The van der Waals surface area contributed by atoms with Gasteiger partial charge in [0.1, 0.15) is 0 Å². The molecular weight excluding hydrogens is 468 g/mol. The van der Waals surface area contributed by atoms with Crippen molar-refractivity contribution in [3.63, 3.8) is 0 Å². The highest BCUT2D eigenvalue weighted by atomic mass is 32.2. The maximum Gasteiger partial charge on any atom is 0.162 e. The third-order valence-corrected chi connectivity index (χ3v) is 10.3. The van der Waals surface area contributed by atoms with Crippen LogP contribution >= 0.6 is 0 Å². The minimum absolute atomic E-state index is 0.474. The van der Waals surface area contributed by atoms with Gasteiger partial charge < -0.3 is 9.11 Å². The summed E-state index contributed by atoms with van der Waals surface area (Å²) >= 11 is -2.03. The molecule has 0 aliphatic carbocycles. The molecule has 0 spiro atoms. The van der Waals surface area contributed by atoms with Crippen molar-refractivity contribution >= 4 is 22.4 Å². The van der Waals surface area contributed by atoms with E-state index in [1.54, 1.807) is 0 Å². The van der Waals surface area contributed by atoms with Gasteiger partial charge in [-0.1, -0.05) is 68.4 Å². The van der Waals surface area contributed by atoms with E-state index in [1.807, 2.05) is 54.6 Å². The molecule has 35 heavy (non-hydrogen) atoms. The number of fused-ring (bicyclic) bond motifs is 4. The molecule has 0 saturated carbocycles. The molecule has 4 heteroatoms. The lowest BCUT2D eigenvalue weighted by atomic mass is 9.92. The van der Waals surface area contributed by atoms with Crippen LogP contribution in [0, 0.1) is 13.8 Å². The molecule has 4 aromatic rings. The second kappa shape index (κ2) is 9.87. The molecule has 2 heterocycles. The predicted molar refractivity (Wildman–Crippen MR) is 144 cm³/mol. The topological polar surface area (TPSA) is 46.1 Å². The Kier molecular flexibility index (Phi) is 6.82. The molecule has 0 bridgehead atoms. The summed E-state index contributed by atoms with van der Waals surface area (Å²) in [6.07, 6.45) is 1.82. The monoisotopic (exact) mass is 498 g/mol. The number of hydrogen-bond acceptors (Lipinski definition) is 2. The fraction of sp³-hybridized carbons (Fsp3) is 0.226. The Bertz CT molecular complexity index is 1390. The maximum atomic E-state index is 12.6. The Morgan fingerprint density at radius 3 is 1.71 bits per heavy atom. The molecule has 2 aliphatic heterocycles. The molecule has 0 amide bonds. The molecule has 2 unspecified atom stereocenters. The molecule has 0 fully saturated rings. The standard InChI is InChI=1S/C16H16OS.C15H14OS/c1-11(2)13-7-5-9-16-14(13)10-12-6-3-4-8-15(12)18(16)17;1-10-7-8-15-13(11(10)2)9-12-5-3-4-6-14(12)17(15)16/h3-9,11H,10H2,1-2H3;3-8H,9H2,1-2H3. The van der Waals surface area contributed by atoms with Gasteiger partial charge in [-0.25, -0.2) is 0 Å². The lowest BCUT2D eigenvalue weighted by Gasteiger charge is -2.24. The second-order valence-corrected chi connectivity index (χ2v) is 12.4. The maximum absolute atomic E-state index is 12.6. The largest absolute Gasteiger partial charge is 0.606 e. The summed E-state index contributed by atoms with van der Waals surface area (Å²) in [7, 11) is 0. The Hall–Kier alpha value is -2.50. The van der Waals surface area contributed by atoms with Gasteiger partial charge in [-0.3, -0.25) is 0 Å². The van der Waals surface area contributed by atoms with E-state index in [0.29, 0.717) is 5.92 Å². The number of aryl methyl sites for hydroxylation is 1. The van der Waals surface area contributed by atoms with Crippen LogP contribution in [0.2, 0.25) is 0 Å². The third-order valence-electron chi connectivity index (χ3n) is 7.10. The molecule has 0 radical (unpaired) electrons. The molecule has 2 atom stereocenters. The smallest absolute Gasteiger partial charge is 0.162 e. The van der Waals surface area contributed by atoms with Crippen LogP contribution in [0.5, 0.6) is 0 Å². The van der Waals surface area contributed by atoms with E-state index < -0.39 is 22.4 Å². The van der Waals surface area contributed by atoms with Crippen LogP contribution < -0.4 is 0 Å². The van der Waals surface area contributed by atoms with Crippen molar-refractivity contribution in [1.82, 2.24) is 0 Å². The average Bonchev–Trinajstić information content (AvgIpc) is 2.87. The fourth-order valence-electron chi connectivity index (χ4n) is 5.01. The Labute approximate surface area is 214 Å². The Balaban J connectivity index is 0.000000145. The highest BCUT2D eigenvalue weighted by molar-refractivity contribution is 7.92. The Morgan fingerprint density at radius 1 is 0.600 bits per heavy atom. The lowest BCUT2D eigenvalue weighted by molar-refractivity contribution is 0.589. The van der Waals surface area contributed by atoms with Crippen molar-refractivity contribution in [2.24, 2.45) is 0 Å². The van der Waals surface area contributed by atoms with Crippen LogP contribution in [-0.4, -0.2) is 9.11 Å². The fourth-order valence-corrected chi connectivity index (χ4v) is 7.90. The molecule has 2 nitrogen and oxygen atoms in total. The first-order valence-corrected chi connectivity index (χ1v) is 14.4. The molecule has 6 rings (SSSR count). The van der Waals surface area contributed by atoms with Crippen molar-refractivity contribution in [2.75, 3.05) is 0 Å². The molecule has 0 saturated heterocycles. The zero-order valence-electron chi connectivity index (χ0n) is 20.6. The van der Waals surface area contributed by atoms with Gasteiger partial charge in [0.15, 0.2) is 19.6 Å². The van der Waals surface area contributed by atoms with E-state index in [9.17, 15) is 9.11 Å². The number of benzene rings is 4. The van der Waals surface area contributed by atoms with E-state index in [0.717, 1.165) is 32.4 Å². The zero-order valence-corrected chi connectivity index (χ0v) is 22.3. The summed E-state index contributed by atoms with van der Waals surface area (Å²) in [6.45, 7) is 8.62. The molecule has 178 valence electrons. The van der Waals surface area contributed by atoms with Gasteiger partial charge >= 0.3 is 0 Å². The third kappa shape index (κ3) is 4.45. The lowest BCUT2D eigenvalue weighted by Crippen LogP contribution is -2.16. The van der Waals surface area contributed by atoms with E-state index in [4.69, 9.17) is 0 Å². The summed E-state index contributed by atoms with van der Waals surface area (Å²) in [5.41, 5.74) is 8.82. The van der Waals surface area contributed by atoms with Gasteiger partial charge in [0.25, 0.3) is 0 Å². The van der Waals surface area contributed by atoms with Crippen LogP contribution in [-0.2, 0) is 35.2 Å². The SMILES string of the molecule is CC(C)c1cccc2c1Cc1ccccc1[S+]2[O-].Cc1ccc2c(c1C)Cc1ccccc1[S+]2[O-]. The van der Waals surface area contributed by atoms with Crippen LogP contribution in [0.4, 0.5) is 0 Å². The number of rotatable bonds is 1. The highest BCUT2D eigenvalue weighted by Gasteiger charge is 2.30. The summed E-state index contributed by atoms with van der Waals surface area (Å²) in [5, 5.41) is 0. The first-order chi connectivity index (χ1) is 16.9. The quantitative estimate of drug-likeness (QED) is 0.259. The van der Waals surface area contributed by atoms with Crippen molar-refractivity contribution in [3.8, 4) is 0 Å².